The lowest BCUT2D eigenvalue weighted by Gasteiger charge is -2.05. The van der Waals surface area contributed by atoms with Crippen LogP contribution in [0.15, 0.2) is 24.3 Å². The van der Waals surface area contributed by atoms with Crippen molar-refractivity contribution in [3.05, 3.63) is 40.7 Å². The smallest absolute Gasteiger partial charge is 0.123 e. The van der Waals surface area contributed by atoms with E-state index in [1.807, 2.05) is 6.92 Å². The number of allylic oxidation sites excluding steroid dienone is 1. The van der Waals surface area contributed by atoms with Crippen molar-refractivity contribution in [2.45, 2.75) is 26.7 Å². The van der Waals surface area contributed by atoms with Gasteiger partial charge in [-0.25, -0.2) is 4.39 Å². The first-order chi connectivity index (χ1) is 8.15. The maximum absolute atomic E-state index is 13.1. The van der Waals surface area contributed by atoms with Gasteiger partial charge in [-0.2, -0.15) is 0 Å². The summed E-state index contributed by atoms with van der Waals surface area (Å²) in [4.78, 5) is 0. The Morgan fingerprint density at radius 1 is 1.41 bits per heavy atom. The van der Waals surface area contributed by atoms with Gasteiger partial charge in [0.25, 0.3) is 0 Å². The molecule has 0 saturated heterocycles. The van der Waals surface area contributed by atoms with Gasteiger partial charge < -0.3 is 5.32 Å². The van der Waals surface area contributed by atoms with Gasteiger partial charge in [0.15, 0.2) is 0 Å². The van der Waals surface area contributed by atoms with Crippen molar-refractivity contribution in [3.8, 4) is 0 Å². The van der Waals surface area contributed by atoms with Gasteiger partial charge in [0, 0.05) is 5.02 Å². The van der Waals surface area contributed by atoms with E-state index in [4.69, 9.17) is 11.6 Å². The van der Waals surface area contributed by atoms with E-state index < -0.39 is 0 Å². The second kappa shape index (κ2) is 7.46. The molecule has 0 aliphatic rings. The zero-order valence-corrected chi connectivity index (χ0v) is 11.1. The molecule has 0 unspecified atom stereocenters. The molecule has 0 atom stereocenters. The van der Waals surface area contributed by atoms with E-state index in [1.54, 1.807) is 6.07 Å². The van der Waals surface area contributed by atoms with E-state index >= 15 is 0 Å². The topological polar surface area (TPSA) is 12.0 Å². The summed E-state index contributed by atoms with van der Waals surface area (Å²) in [6.45, 7) is 6.08. The normalized spacial score (nSPS) is 11.9. The lowest BCUT2D eigenvalue weighted by Crippen LogP contribution is -2.15. The fourth-order valence-electron chi connectivity index (χ4n) is 1.60. The molecular formula is C14H19ClFN. The molecular weight excluding hydrogens is 237 g/mol. The SMILES string of the molecule is CCCNCC/C=C(/C)c1cc(F)ccc1Cl. The van der Waals surface area contributed by atoms with Crippen molar-refractivity contribution in [3.63, 3.8) is 0 Å². The first-order valence-electron chi connectivity index (χ1n) is 5.98. The summed E-state index contributed by atoms with van der Waals surface area (Å²) in [7, 11) is 0. The van der Waals surface area contributed by atoms with Gasteiger partial charge in [-0.05, 0) is 62.2 Å². The van der Waals surface area contributed by atoms with E-state index in [9.17, 15) is 4.39 Å². The molecule has 0 bridgehead atoms. The lowest BCUT2D eigenvalue weighted by atomic mass is 10.1. The zero-order chi connectivity index (χ0) is 12.7. The van der Waals surface area contributed by atoms with E-state index in [2.05, 4.69) is 18.3 Å². The van der Waals surface area contributed by atoms with E-state index in [0.29, 0.717) is 5.02 Å². The minimum atomic E-state index is -0.249. The third-order valence-electron chi connectivity index (χ3n) is 2.55. The highest BCUT2D eigenvalue weighted by molar-refractivity contribution is 6.32. The number of nitrogens with one attached hydrogen (secondary N) is 1. The summed E-state index contributed by atoms with van der Waals surface area (Å²) in [6.07, 6.45) is 4.15. The van der Waals surface area contributed by atoms with Crippen LogP contribution in [0.4, 0.5) is 4.39 Å². The largest absolute Gasteiger partial charge is 0.316 e. The molecule has 0 aromatic heterocycles. The van der Waals surface area contributed by atoms with Crippen molar-refractivity contribution >= 4 is 17.2 Å². The highest BCUT2D eigenvalue weighted by atomic mass is 35.5. The van der Waals surface area contributed by atoms with Crippen molar-refractivity contribution < 1.29 is 4.39 Å². The van der Waals surface area contributed by atoms with E-state index in [0.717, 1.165) is 37.1 Å². The Kier molecular flexibility index (Phi) is 6.23. The van der Waals surface area contributed by atoms with E-state index in [1.165, 1.54) is 12.1 Å². The summed E-state index contributed by atoms with van der Waals surface area (Å²) in [5.41, 5.74) is 1.80. The predicted molar refractivity (Wildman–Crippen MR) is 72.8 cm³/mol. The first-order valence-corrected chi connectivity index (χ1v) is 6.36. The van der Waals surface area contributed by atoms with Crippen LogP contribution in [0, 0.1) is 5.82 Å². The molecule has 0 saturated carbocycles. The Morgan fingerprint density at radius 3 is 2.88 bits per heavy atom. The molecule has 94 valence electrons. The standard InChI is InChI=1S/C14H19ClFN/c1-3-8-17-9-4-5-11(2)13-10-12(16)6-7-14(13)15/h5-7,10,17H,3-4,8-9H2,1-2H3/b11-5-. The average Bonchev–Trinajstić information content (AvgIpc) is 2.32. The van der Waals surface area contributed by atoms with Crippen LogP contribution in [0.25, 0.3) is 5.57 Å². The number of benzene rings is 1. The van der Waals surface area contributed by atoms with E-state index in [-0.39, 0.29) is 5.82 Å². The minimum absolute atomic E-state index is 0.249. The number of hydrogen-bond donors (Lipinski definition) is 1. The molecule has 0 heterocycles. The van der Waals surface area contributed by atoms with Crippen LogP contribution < -0.4 is 5.32 Å². The Balaban J connectivity index is 2.58. The summed E-state index contributed by atoms with van der Waals surface area (Å²) in [5.74, 6) is -0.249. The molecule has 1 rings (SSSR count). The highest BCUT2D eigenvalue weighted by Gasteiger charge is 2.03. The number of halogens is 2. The number of hydrogen-bond acceptors (Lipinski definition) is 1. The van der Waals surface area contributed by atoms with Crippen LogP contribution in [-0.4, -0.2) is 13.1 Å². The zero-order valence-electron chi connectivity index (χ0n) is 10.4. The maximum atomic E-state index is 13.1. The molecule has 0 radical (unpaired) electrons. The summed E-state index contributed by atoms with van der Waals surface area (Å²) >= 11 is 6.03. The molecule has 1 N–H and O–H groups in total. The van der Waals surface area contributed by atoms with Gasteiger partial charge in [-0.1, -0.05) is 24.6 Å². The molecule has 0 aliphatic carbocycles. The molecule has 3 heteroatoms. The summed E-state index contributed by atoms with van der Waals surface area (Å²) < 4.78 is 13.1. The van der Waals surface area contributed by atoms with Gasteiger partial charge >= 0.3 is 0 Å². The predicted octanol–water partition coefficient (Wildman–Crippen LogP) is 4.27. The lowest BCUT2D eigenvalue weighted by molar-refractivity contribution is 0.627. The van der Waals surface area contributed by atoms with Gasteiger partial charge in [-0.3, -0.25) is 0 Å². The van der Waals surface area contributed by atoms with Crippen LogP contribution in [0.5, 0.6) is 0 Å². The molecule has 1 aromatic carbocycles. The maximum Gasteiger partial charge on any atom is 0.123 e. The van der Waals surface area contributed by atoms with Gasteiger partial charge in [-0.15, -0.1) is 0 Å². The molecule has 0 fully saturated rings. The van der Waals surface area contributed by atoms with Gasteiger partial charge in [0.05, 0.1) is 0 Å². The molecule has 1 nitrogen and oxygen atoms in total. The van der Waals surface area contributed by atoms with Gasteiger partial charge in [0.2, 0.25) is 0 Å². The number of rotatable bonds is 6. The quantitative estimate of drug-likeness (QED) is 0.749. The molecule has 0 amide bonds. The van der Waals surface area contributed by atoms with Crippen molar-refractivity contribution in [1.82, 2.24) is 5.32 Å². The molecule has 0 aliphatic heterocycles. The molecule has 17 heavy (non-hydrogen) atoms. The van der Waals surface area contributed by atoms with Crippen LogP contribution in [0.3, 0.4) is 0 Å². The Hall–Kier alpha value is -0.860. The highest BCUT2D eigenvalue weighted by Crippen LogP contribution is 2.24. The molecule has 1 aromatic rings. The van der Waals surface area contributed by atoms with Crippen LogP contribution in [-0.2, 0) is 0 Å². The molecule has 0 spiro atoms. The first kappa shape index (κ1) is 14.2. The minimum Gasteiger partial charge on any atom is -0.316 e. The fraction of sp³-hybridized carbons (Fsp3) is 0.429. The van der Waals surface area contributed by atoms with Gasteiger partial charge in [0.1, 0.15) is 5.82 Å². The second-order valence-electron chi connectivity index (χ2n) is 4.05. The Bertz CT molecular complexity index is 388. The van der Waals surface area contributed by atoms with Crippen LogP contribution >= 0.6 is 11.6 Å². The third-order valence-corrected chi connectivity index (χ3v) is 2.88. The average molecular weight is 256 g/mol. The third kappa shape index (κ3) is 4.88. The summed E-state index contributed by atoms with van der Waals surface area (Å²) in [5, 5.41) is 3.92. The Labute approximate surface area is 108 Å². The van der Waals surface area contributed by atoms with Crippen LogP contribution in [0.2, 0.25) is 5.02 Å². The summed E-state index contributed by atoms with van der Waals surface area (Å²) in [6, 6.07) is 4.45. The van der Waals surface area contributed by atoms with Crippen molar-refractivity contribution in [1.29, 1.82) is 0 Å². The Morgan fingerprint density at radius 2 is 2.18 bits per heavy atom. The second-order valence-corrected chi connectivity index (χ2v) is 4.46. The fourth-order valence-corrected chi connectivity index (χ4v) is 1.87. The monoisotopic (exact) mass is 255 g/mol. The van der Waals surface area contributed by atoms with Crippen molar-refractivity contribution in [2.24, 2.45) is 0 Å². The van der Waals surface area contributed by atoms with Crippen LogP contribution in [0.1, 0.15) is 32.3 Å². The van der Waals surface area contributed by atoms with Crippen molar-refractivity contribution in [2.75, 3.05) is 13.1 Å².